The van der Waals surface area contributed by atoms with Gasteiger partial charge in [0.2, 0.25) is 0 Å². The maximum atomic E-state index is 13.2. The highest BCUT2D eigenvalue weighted by Gasteiger charge is 2.18. The molecule has 0 aliphatic rings. The van der Waals surface area contributed by atoms with Gasteiger partial charge in [0.1, 0.15) is 23.2 Å². The van der Waals surface area contributed by atoms with Crippen LogP contribution in [0, 0.1) is 9.39 Å². The third-order valence-corrected chi connectivity index (χ3v) is 4.80. The molecule has 1 atom stereocenters. The van der Waals surface area contributed by atoms with Gasteiger partial charge >= 0.3 is 0 Å². The van der Waals surface area contributed by atoms with E-state index in [9.17, 15) is 4.39 Å². The minimum atomic E-state index is -0.352. The summed E-state index contributed by atoms with van der Waals surface area (Å²) in [5, 5.41) is 1.34. The topological polar surface area (TPSA) is 51.2 Å². The van der Waals surface area contributed by atoms with Gasteiger partial charge in [0.25, 0.3) is 0 Å². The number of fused-ring (bicyclic) bond motifs is 1. The van der Waals surface area contributed by atoms with Crippen molar-refractivity contribution in [2.24, 2.45) is 5.84 Å². The molecule has 0 radical (unpaired) electrons. The standard InChI is InChI=1S/C15H11ClFIN2O/c16-11-6-8(1-3-12(11)18)15(20-19)14-7-9-5-10(17)2-4-13(9)21-14/h1-7,15,20H,19H2. The minimum absolute atomic E-state index is 0.301. The van der Waals surface area contributed by atoms with Gasteiger partial charge in [0, 0.05) is 8.96 Å². The van der Waals surface area contributed by atoms with Crippen molar-refractivity contribution in [2.45, 2.75) is 6.04 Å². The van der Waals surface area contributed by atoms with E-state index >= 15 is 0 Å². The first-order valence-corrected chi connectivity index (χ1v) is 7.64. The number of benzene rings is 2. The second kappa shape index (κ2) is 5.92. The van der Waals surface area contributed by atoms with E-state index in [1.165, 1.54) is 12.1 Å². The van der Waals surface area contributed by atoms with Crippen molar-refractivity contribution in [1.29, 1.82) is 0 Å². The molecule has 1 unspecified atom stereocenters. The van der Waals surface area contributed by atoms with E-state index in [1.54, 1.807) is 12.1 Å². The molecule has 3 aromatic rings. The summed E-state index contributed by atoms with van der Waals surface area (Å²) in [6.45, 7) is 0. The number of hydrogen-bond acceptors (Lipinski definition) is 3. The Kier molecular flexibility index (Phi) is 4.17. The molecule has 0 saturated heterocycles. The zero-order chi connectivity index (χ0) is 15.0. The van der Waals surface area contributed by atoms with E-state index in [4.69, 9.17) is 21.9 Å². The first-order chi connectivity index (χ1) is 10.1. The summed E-state index contributed by atoms with van der Waals surface area (Å²) in [7, 11) is 0. The molecule has 21 heavy (non-hydrogen) atoms. The molecule has 1 heterocycles. The van der Waals surface area contributed by atoms with Crippen LogP contribution in [0.5, 0.6) is 0 Å². The monoisotopic (exact) mass is 416 g/mol. The normalized spacial score (nSPS) is 12.8. The van der Waals surface area contributed by atoms with Gasteiger partial charge < -0.3 is 4.42 Å². The summed E-state index contributed by atoms with van der Waals surface area (Å²) < 4.78 is 20.0. The van der Waals surface area contributed by atoms with Crippen LogP contribution >= 0.6 is 34.2 Å². The highest BCUT2D eigenvalue weighted by atomic mass is 127. The molecule has 0 aliphatic carbocycles. The predicted molar refractivity (Wildman–Crippen MR) is 89.5 cm³/mol. The van der Waals surface area contributed by atoms with Gasteiger partial charge in [-0.2, -0.15) is 0 Å². The smallest absolute Gasteiger partial charge is 0.134 e. The summed E-state index contributed by atoms with van der Waals surface area (Å²) >= 11 is 8.30. The van der Waals surface area contributed by atoms with Crippen molar-refractivity contribution in [2.75, 3.05) is 0 Å². The lowest BCUT2D eigenvalue weighted by Crippen LogP contribution is -2.28. The van der Waals surface area contributed by atoms with E-state index < -0.39 is 0 Å². The second-order valence-corrected chi connectivity index (χ2v) is 6.17. The average Bonchev–Trinajstić information content (AvgIpc) is 2.86. The zero-order valence-corrected chi connectivity index (χ0v) is 13.7. The first-order valence-electron chi connectivity index (χ1n) is 6.18. The highest BCUT2D eigenvalue weighted by molar-refractivity contribution is 14.1. The molecule has 1 aromatic heterocycles. The van der Waals surface area contributed by atoms with E-state index in [0.717, 1.165) is 9.13 Å². The molecule has 3 nitrogen and oxygen atoms in total. The molecule has 3 N–H and O–H groups in total. The molecule has 0 aliphatic heterocycles. The fraction of sp³-hybridized carbons (Fsp3) is 0.0667. The van der Waals surface area contributed by atoms with E-state index in [1.807, 2.05) is 18.2 Å². The Labute approximate surface area is 139 Å². The Morgan fingerprint density at radius 2 is 2.00 bits per heavy atom. The van der Waals surface area contributed by atoms with E-state index in [0.29, 0.717) is 21.8 Å². The lowest BCUT2D eigenvalue weighted by atomic mass is 10.1. The second-order valence-electron chi connectivity index (χ2n) is 4.60. The van der Waals surface area contributed by atoms with Crippen LogP contribution in [0.15, 0.2) is 46.9 Å². The van der Waals surface area contributed by atoms with Crippen molar-refractivity contribution in [1.82, 2.24) is 5.43 Å². The zero-order valence-electron chi connectivity index (χ0n) is 10.7. The number of halogens is 3. The van der Waals surface area contributed by atoms with Crippen LogP contribution in [0.4, 0.5) is 4.39 Å². The van der Waals surface area contributed by atoms with Crippen molar-refractivity contribution in [3.8, 4) is 0 Å². The Bertz CT molecular complexity index is 805. The lowest BCUT2D eigenvalue weighted by Gasteiger charge is -2.14. The van der Waals surface area contributed by atoms with Crippen molar-refractivity contribution < 1.29 is 8.81 Å². The molecular formula is C15H11ClFIN2O. The summed E-state index contributed by atoms with van der Waals surface area (Å²) in [6, 6.07) is 11.5. The molecule has 0 bridgehead atoms. The van der Waals surface area contributed by atoms with Crippen LogP contribution in [0.3, 0.4) is 0 Å². The van der Waals surface area contributed by atoms with Gasteiger partial charge in [-0.15, -0.1) is 0 Å². The van der Waals surface area contributed by atoms with Gasteiger partial charge in [-0.25, -0.2) is 9.82 Å². The number of furan rings is 1. The van der Waals surface area contributed by atoms with Gasteiger partial charge in [-0.3, -0.25) is 5.84 Å². The number of nitrogens with two attached hydrogens (primary N) is 1. The predicted octanol–water partition coefficient (Wildman–Crippen LogP) is 4.38. The summed E-state index contributed by atoms with van der Waals surface area (Å²) in [4.78, 5) is 0. The quantitative estimate of drug-likeness (QED) is 0.378. The Balaban J connectivity index is 2.06. The van der Waals surface area contributed by atoms with E-state index in [2.05, 4.69) is 28.0 Å². The fourth-order valence-corrected chi connectivity index (χ4v) is 2.74. The number of hydrazine groups is 1. The Morgan fingerprint density at radius 1 is 1.19 bits per heavy atom. The molecular weight excluding hydrogens is 406 g/mol. The Hall–Kier alpha value is -1.15. The Morgan fingerprint density at radius 3 is 2.71 bits per heavy atom. The summed E-state index contributed by atoms with van der Waals surface area (Å²) in [5.74, 6) is 5.95. The molecule has 0 spiro atoms. The average molecular weight is 417 g/mol. The maximum absolute atomic E-state index is 13.2. The maximum Gasteiger partial charge on any atom is 0.134 e. The summed E-state index contributed by atoms with van der Waals surface area (Å²) in [5.41, 5.74) is 4.20. The molecule has 108 valence electrons. The van der Waals surface area contributed by atoms with Crippen LogP contribution in [0.2, 0.25) is 5.02 Å². The minimum Gasteiger partial charge on any atom is -0.459 e. The van der Waals surface area contributed by atoms with Crippen LogP contribution in [0.1, 0.15) is 17.4 Å². The van der Waals surface area contributed by atoms with E-state index in [-0.39, 0.29) is 11.9 Å². The van der Waals surface area contributed by atoms with Gasteiger partial charge in [0.15, 0.2) is 0 Å². The fourth-order valence-electron chi connectivity index (χ4n) is 2.21. The molecule has 2 aromatic carbocycles. The van der Waals surface area contributed by atoms with Crippen LogP contribution < -0.4 is 11.3 Å². The SMILES string of the molecule is NNC(c1ccc(I)c(Cl)c1)c1cc2cc(F)ccc2o1. The molecule has 0 saturated carbocycles. The number of hydrogen-bond donors (Lipinski definition) is 2. The third-order valence-electron chi connectivity index (χ3n) is 3.23. The summed E-state index contributed by atoms with van der Waals surface area (Å²) in [6.07, 6.45) is 0. The first kappa shape index (κ1) is 14.8. The van der Waals surface area contributed by atoms with Gasteiger partial charge in [-0.05, 0) is 64.6 Å². The molecule has 3 rings (SSSR count). The molecule has 6 heteroatoms. The van der Waals surface area contributed by atoms with Gasteiger partial charge in [-0.1, -0.05) is 17.7 Å². The van der Waals surface area contributed by atoms with Gasteiger partial charge in [0.05, 0.1) is 5.02 Å². The molecule has 0 amide bonds. The van der Waals surface area contributed by atoms with Crippen molar-refractivity contribution in [3.63, 3.8) is 0 Å². The largest absolute Gasteiger partial charge is 0.459 e. The van der Waals surface area contributed by atoms with Crippen LogP contribution in [-0.2, 0) is 0 Å². The third kappa shape index (κ3) is 2.91. The number of nitrogens with one attached hydrogen (secondary N) is 1. The van der Waals surface area contributed by atoms with Crippen LogP contribution in [0.25, 0.3) is 11.0 Å². The molecule has 0 fully saturated rings. The van der Waals surface area contributed by atoms with Crippen LogP contribution in [-0.4, -0.2) is 0 Å². The number of rotatable bonds is 3. The lowest BCUT2D eigenvalue weighted by molar-refractivity contribution is 0.477. The highest BCUT2D eigenvalue weighted by Crippen LogP contribution is 2.30. The van der Waals surface area contributed by atoms with Crippen molar-refractivity contribution in [3.05, 3.63) is 68.2 Å². The van der Waals surface area contributed by atoms with Crippen molar-refractivity contribution >= 4 is 45.2 Å².